The van der Waals surface area contributed by atoms with E-state index in [1.165, 1.54) is 0 Å². The van der Waals surface area contributed by atoms with Gasteiger partial charge in [-0.3, -0.25) is 4.79 Å². The first-order valence-corrected chi connectivity index (χ1v) is 6.21. The molecule has 2 heterocycles. The molecule has 1 amide bonds. The van der Waals surface area contributed by atoms with Gasteiger partial charge in [0.05, 0.1) is 0 Å². The van der Waals surface area contributed by atoms with E-state index in [4.69, 9.17) is 10.2 Å². The molecule has 0 aromatic carbocycles. The van der Waals surface area contributed by atoms with Crippen molar-refractivity contribution in [3.63, 3.8) is 0 Å². The fraction of sp³-hybridized carbons (Fsp3) is 0.615. The van der Waals surface area contributed by atoms with Crippen molar-refractivity contribution in [3.8, 4) is 0 Å². The zero-order chi connectivity index (χ0) is 12.4. The maximum Gasteiger partial charge on any atom is 0.290 e. The summed E-state index contributed by atoms with van der Waals surface area (Å²) in [7, 11) is 0. The summed E-state index contributed by atoms with van der Waals surface area (Å²) in [6, 6.07) is 2.07. The van der Waals surface area contributed by atoms with Crippen molar-refractivity contribution < 1.29 is 9.21 Å². The molecule has 0 aliphatic carbocycles. The van der Waals surface area contributed by atoms with Crippen LogP contribution in [0, 0.1) is 13.8 Å². The van der Waals surface area contributed by atoms with Gasteiger partial charge in [-0.05, 0) is 39.2 Å². The molecule has 0 saturated carbocycles. The molecule has 0 radical (unpaired) electrons. The van der Waals surface area contributed by atoms with Gasteiger partial charge in [-0.1, -0.05) is 0 Å². The second kappa shape index (κ2) is 6.25. The Morgan fingerprint density at radius 3 is 2.78 bits per heavy atom. The molecule has 2 N–H and O–H groups in total. The molecule has 1 unspecified atom stereocenters. The average molecular weight is 273 g/mol. The first kappa shape index (κ1) is 15.1. The molecule has 0 bridgehead atoms. The highest BCUT2D eigenvalue weighted by Crippen LogP contribution is 2.22. The number of furan rings is 1. The van der Waals surface area contributed by atoms with Gasteiger partial charge in [0.15, 0.2) is 5.76 Å². The number of nitrogens with zero attached hydrogens (tertiary/aromatic N) is 1. The Morgan fingerprint density at radius 2 is 2.22 bits per heavy atom. The highest BCUT2D eigenvalue weighted by Gasteiger charge is 2.29. The van der Waals surface area contributed by atoms with Crippen molar-refractivity contribution in [3.05, 3.63) is 23.2 Å². The molecule has 2 rings (SSSR count). The third-order valence-corrected chi connectivity index (χ3v) is 3.40. The molecular weight excluding hydrogens is 252 g/mol. The lowest BCUT2D eigenvalue weighted by atomic mass is 10.0. The number of amides is 1. The van der Waals surface area contributed by atoms with Crippen LogP contribution in [-0.2, 0) is 0 Å². The van der Waals surface area contributed by atoms with Crippen molar-refractivity contribution in [2.75, 3.05) is 13.1 Å². The van der Waals surface area contributed by atoms with Crippen LogP contribution < -0.4 is 5.73 Å². The van der Waals surface area contributed by atoms with Crippen LogP contribution in [0.4, 0.5) is 0 Å². The van der Waals surface area contributed by atoms with Crippen molar-refractivity contribution >= 4 is 18.3 Å². The van der Waals surface area contributed by atoms with Crippen LogP contribution in [0.15, 0.2) is 10.5 Å². The molecule has 1 atom stereocenters. The first-order valence-electron chi connectivity index (χ1n) is 6.21. The first-order chi connectivity index (χ1) is 8.13. The Morgan fingerprint density at radius 1 is 1.50 bits per heavy atom. The fourth-order valence-corrected chi connectivity index (χ4v) is 2.50. The smallest absolute Gasteiger partial charge is 0.290 e. The number of rotatable bonds is 2. The van der Waals surface area contributed by atoms with E-state index in [1.54, 1.807) is 0 Å². The zero-order valence-corrected chi connectivity index (χ0v) is 11.8. The highest BCUT2D eigenvalue weighted by molar-refractivity contribution is 5.93. The topological polar surface area (TPSA) is 59.5 Å². The number of halogens is 1. The number of carbonyl (C=O) groups is 1. The molecule has 1 aliphatic rings. The molecule has 4 nitrogen and oxygen atoms in total. The summed E-state index contributed by atoms with van der Waals surface area (Å²) in [4.78, 5) is 14.2. The normalized spacial score (nSPS) is 19.5. The van der Waals surface area contributed by atoms with E-state index < -0.39 is 0 Å². The molecule has 1 saturated heterocycles. The number of piperidine rings is 1. The number of nitrogens with two attached hydrogens (primary N) is 1. The number of carbonyl (C=O) groups excluding carboxylic acids is 1. The standard InChI is InChI=1S/C13H20N2O2.ClH/c1-9-7-10(2)17-12(9)13(16)15-6-4-3-5-11(15)8-14;/h7,11H,3-6,8,14H2,1-2H3;1H. The van der Waals surface area contributed by atoms with Gasteiger partial charge in [0, 0.05) is 24.7 Å². The molecule has 18 heavy (non-hydrogen) atoms. The van der Waals surface area contributed by atoms with Crippen LogP contribution in [0.2, 0.25) is 0 Å². The van der Waals surface area contributed by atoms with Crippen LogP contribution in [0.5, 0.6) is 0 Å². The summed E-state index contributed by atoms with van der Waals surface area (Å²) in [5, 5.41) is 0. The third kappa shape index (κ3) is 2.87. The van der Waals surface area contributed by atoms with Gasteiger partial charge < -0.3 is 15.1 Å². The lowest BCUT2D eigenvalue weighted by molar-refractivity contribution is 0.0588. The van der Waals surface area contributed by atoms with Gasteiger partial charge in [0.2, 0.25) is 0 Å². The summed E-state index contributed by atoms with van der Waals surface area (Å²) < 4.78 is 5.49. The lowest BCUT2D eigenvalue weighted by Crippen LogP contribution is -2.47. The van der Waals surface area contributed by atoms with E-state index >= 15 is 0 Å². The second-order valence-electron chi connectivity index (χ2n) is 4.75. The number of likely N-dealkylation sites (tertiary alicyclic amines) is 1. The summed E-state index contributed by atoms with van der Waals surface area (Å²) in [6.45, 7) is 5.09. The monoisotopic (exact) mass is 272 g/mol. The Hall–Kier alpha value is -1.00. The zero-order valence-electron chi connectivity index (χ0n) is 10.9. The number of hydrogen-bond donors (Lipinski definition) is 1. The number of aryl methyl sites for hydroxylation is 2. The molecule has 0 spiro atoms. The average Bonchev–Trinajstić information content (AvgIpc) is 2.67. The second-order valence-corrected chi connectivity index (χ2v) is 4.75. The van der Waals surface area contributed by atoms with Crippen LogP contribution in [0.1, 0.15) is 41.1 Å². The lowest BCUT2D eigenvalue weighted by Gasteiger charge is -2.34. The predicted molar refractivity (Wildman–Crippen MR) is 73.2 cm³/mol. The molecule has 1 fully saturated rings. The Balaban J connectivity index is 0.00000162. The van der Waals surface area contributed by atoms with E-state index in [9.17, 15) is 4.79 Å². The summed E-state index contributed by atoms with van der Waals surface area (Å²) >= 11 is 0. The van der Waals surface area contributed by atoms with E-state index in [2.05, 4.69) is 0 Å². The maximum absolute atomic E-state index is 12.4. The molecular formula is C13H21ClN2O2. The van der Waals surface area contributed by atoms with Gasteiger partial charge in [-0.25, -0.2) is 0 Å². The molecule has 1 aliphatic heterocycles. The van der Waals surface area contributed by atoms with Crippen molar-refractivity contribution in [1.29, 1.82) is 0 Å². The van der Waals surface area contributed by atoms with Crippen molar-refractivity contribution in [2.45, 2.75) is 39.2 Å². The van der Waals surface area contributed by atoms with Crippen LogP contribution in [0.3, 0.4) is 0 Å². The van der Waals surface area contributed by atoms with E-state index in [0.717, 1.165) is 37.1 Å². The SMILES string of the molecule is Cc1cc(C)c(C(=O)N2CCCCC2CN)o1.Cl. The van der Waals surface area contributed by atoms with Crippen LogP contribution in [-0.4, -0.2) is 29.9 Å². The highest BCUT2D eigenvalue weighted by atomic mass is 35.5. The number of hydrogen-bond acceptors (Lipinski definition) is 3. The Labute approximate surface area is 114 Å². The largest absolute Gasteiger partial charge is 0.456 e. The van der Waals surface area contributed by atoms with Crippen molar-refractivity contribution in [1.82, 2.24) is 4.90 Å². The summed E-state index contributed by atoms with van der Waals surface area (Å²) in [5.41, 5.74) is 6.64. The predicted octanol–water partition coefficient (Wildman–Crippen LogP) is 2.27. The minimum absolute atomic E-state index is 0. The quantitative estimate of drug-likeness (QED) is 0.898. The Bertz CT molecular complexity index is 417. The van der Waals surface area contributed by atoms with Gasteiger partial charge in [0.25, 0.3) is 5.91 Å². The molecule has 1 aromatic rings. The molecule has 5 heteroatoms. The maximum atomic E-state index is 12.4. The van der Waals surface area contributed by atoms with E-state index in [0.29, 0.717) is 12.3 Å². The fourth-order valence-electron chi connectivity index (χ4n) is 2.50. The third-order valence-electron chi connectivity index (χ3n) is 3.40. The molecule has 102 valence electrons. The van der Waals surface area contributed by atoms with Gasteiger partial charge in [-0.15, -0.1) is 12.4 Å². The van der Waals surface area contributed by atoms with Crippen LogP contribution >= 0.6 is 12.4 Å². The van der Waals surface area contributed by atoms with Crippen LogP contribution in [0.25, 0.3) is 0 Å². The minimum Gasteiger partial charge on any atom is -0.456 e. The van der Waals surface area contributed by atoms with Gasteiger partial charge in [0.1, 0.15) is 5.76 Å². The Kier molecular flexibility index (Phi) is 5.23. The minimum atomic E-state index is -0.00856. The van der Waals surface area contributed by atoms with Gasteiger partial charge >= 0.3 is 0 Å². The summed E-state index contributed by atoms with van der Waals surface area (Å²) in [5.74, 6) is 1.25. The molecule has 1 aromatic heterocycles. The van der Waals surface area contributed by atoms with E-state index in [1.807, 2.05) is 24.8 Å². The van der Waals surface area contributed by atoms with Gasteiger partial charge in [-0.2, -0.15) is 0 Å². The van der Waals surface area contributed by atoms with Crippen molar-refractivity contribution in [2.24, 2.45) is 5.73 Å². The summed E-state index contributed by atoms with van der Waals surface area (Å²) in [6.07, 6.45) is 3.21. The van der Waals surface area contributed by atoms with E-state index in [-0.39, 0.29) is 24.4 Å².